The van der Waals surface area contributed by atoms with E-state index in [2.05, 4.69) is 5.32 Å². The molecule has 1 N–H and O–H groups in total. The maximum atomic E-state index is 12.9. The SMILES string of the molecule is CC1C(=O)NCCN1C(=O)c1ccccc1C(F)(F)F. The molecule has 0 aliphatic carbocycles. The van der Waals surface area contributed by atoms with Crippen LogP contribution in [-0.2, 0) is 11.0 Å². The first-order valence-corrected chi connectivity index (χ1v) is 6.07. The van der Waals surface area contributed by atoms with Gasteiger partial charge in [0.25, 0.3) is 5.91 Å². The zero-order valence-corrected chi connectivity index (χ0v) is 10.7. The van der Waals surface area contributed by atoms with Gasteiger partial charge in [0, 0.05) is 13.1 Å². The highest BCUT2D eigenvalue weighted by atomic mass is 19.4. The smallest absolute Gasteiger partial charge is 0.353 e. The minimum atomic E-state index is -4.60. The molecule has 20 heavy (non-hydrogen) atoms. The number of rotatable bonds is 1. The molecule has 2 amide bonds. The summed E-state index contributed by atoms with van der Waals surface area (Å²) in [5.74, 6) is -1.14. The van der Waals surface area contributed by atoms with E-state index < -0.39 is 29.3 Å². The molecule has 1 unspecified atom stereocenters. The van der Waals surface area contributed by atoms with E-state index in [0.29, 0.717) is 0 Å². The molecule has 0 spiro atoms. The van der Waals surface area contributed by atoms with Crippen LogP contribution in [0.1, 0.15) is 22.8 Å². The van der Waals surface area contributed by atoms with Crippen LogP contribution in [-0.4, -0.2) is 35.8 Å². The van der Waals surface area contributed by atoms with Crippen LogP contribution in [0.15, 0.2) is 24.3 Å². The van der Waals surface area contributed by atoms with Crippen LogP contribution in [0.5, 0.6) is 0 Å². The van der Waals surface area contributed by atoms with Crippen molar-refractivity contribution in [2.45, 2.75) is 19.1 Å². The first-order chi connectivity index (χ1) is 9.32. The van der Waals surface area contributed by atoms with Crippen molar-refractivity contribution >= 4 is 11.8 Å². The summed E-state index contributed by atoms with van der Waals surface area (Å²) >= 11 is 0. The number of halogens is 3. The summed E-state index contributed by atoms with van der Waals surface area (Å²) in [5, 5.41) is 2.56. The highest BCUT2D eigenvalue weighted by molar-refractivity contribution is 5.99. The summed E-state index contributed by atoms with van der Waals surface area (Å²) in [6, 6.07) is 3.81. The predicted molar refractivity (Wildman–Crippen MR) is 65.0 cm³/mol. The van der Waals surface area contributed by atoms with E-state index in [1.165, 1.54) is 19.1 Å². The van der Waals surface area contributed by atoms with Gasteiger partial charge in [-0.05, 0) is 19.1 Å². The average Bonchev–Trinajstić information content (AvgIpc) is 2.40. The molecule has 1 aromatic carbocycles. The highest BCUT2D eigenvalue weighted by Crippen LogP contribution is 2.32. The summed E-state index contributed by atoms with van der Waals surface area (Å²) in [5.41, 5.74) is -1.41. The Morgan fingerprint density at radius 2 is 2.00 bits per heavy atom. The number of nitrogens with one attached hydrogen (secondary N) is 1. The van der Waals surface area contributed by atoms with Crippen molar-refractivity contribution in [2.75, 3.05) is 13.1 Å². The van der Waals surface area contributed by atoms with E-state index in [0.717, 1.165) is 17.0 Å². The molecule has 7 heteroatoms. The number of benzene rings is 1. The third kappa shape index (κ3) is 2.61. The van der Waals surface area contributed by atoms with E-state index in [1.54, 1.807) is 0 Å². The number of carbonyl (C=O) groups excluding carboxylic acids is 2. The molecule has 0 aromatic heterocycles. The monoisotopic (exact) mass is 286 g/mol. The van der Waals surface area contributed by atoms with Gasteiger partial charge in [-0.25, -0.2) is 0 Å². The molecule has 108 valence electrons. The van der Waals surface area contributed by atoms with E-state index in [1.807, 2.05) is 0 Å². The largest absolute Gasteiger partial charge is 0.417 e. The van der Waals surface area contributed by atoms with Crippen LogP contribution in [0, 0.1) is 0 Å². The third-order valence-corrected chi connectivity index (χ3v) is 3.22. The molecule has 1 fully saturated rings. The lowest BCUT2D eigenvalue weighted by Gasteiger charge is -2.33. The number of carbonyl (C=O) groups is 2. The van der Waals surface area contributed by atoms with Gasteiger partial charge in [-0.1, -0.05) is 12.1 Å². The number of piperazine rings is 1. The van der Waals surface area contributed by atoms with Crippen molar-refractivity contribution in [3.8, 4) is 0 Å². The number of hydrogen-bond donors (Lipinski definition) is 1. The van der Waals surface area contributed by atoms with Crippen LogP contribution in [0.25, 0.3) is 0 Å². The topological polar surface area (TPSA) is 49.4 Å². The fraction of sp³-hybridized carbons (Fsp3) is 0.385. The molecule has 2 rings (SSSR count). The molecule has 1 aromatic rings. The molecular weight excluding hydrogens is 273 g/mol. The van der Waals surface area contributed by atoms with Gasteiger partial charge in [-0.15, -0.1) is 0 Å². The lowest BCUT2D eigenvalue weighted by Crippen LogP contribution is -2.56. The molecule has 4 nitrogen and oxygen atoms in total. The van der Waals surface area contributed by atoms with Crippen molar-refractivity contribution in [3.63, 3.8) is 0 Å². The second-order valence-electron chi connectivity index (χ2n) is 4.51. The zero-order valence-electron chi connectivity index (χ0n) is 10.7. The van der Waals surface area contributed by atoms with Gasteiger partial charge in [0.15, 0.2) is 0 Å². The van der Waals surface area contributed by atoms with E-state index in [9.17, 15) is 22.8 Å². The maximum Gasteiger partial charge on any atom is 0.417 e. The van der Waals surface area contributed by atoms with Crippen LogP contribution < -0.4 is 5.32 Å². The summed E-state index contributed by atoms with van der Waals surface area (Å²) in [7, 11) is 0. The maximum absolute atomic E-state index is 12.9. The average molecular weight is 286 g/mol. The third-order valence-electron chi connectivity index (χ3n) is 3.22. The summed E-state index contributed by atoms with van der Waals surface area (Å²) < 4.78 is 38.7. The molecule has 0 bridgehead atoms. The van der Waals surface area contributed by atoms with Crippen molar-refractivity contribution < 1.29 is 22.8 Å². The van der Waals surface area contributed by atoms with Crippen molar-refractivity contribution in [1.29, 1.82) is 0 Å². The number of nitrogens with zero attached hydrogens (tertiary/aromatic N) is 1. The standard InChI is InChI=1S/C13H13F3N2O2/c1-8-11(19)17-6-7-18(8)12(20)9-4-2-3-5-10(9)13(14,15)16/h2-5,8H,6-7H2,1H3,(H,17,19). The minimum Gasteiger partial charge on any atom is -0.353 e. The van der Waals surface area contributed by atoms with Gasteiger partial charge < -0.3 is 10.2 Å². The fourth-order valence-electron chi connectivity index (χ4n) is 2.13. The second kappa shape index (κ2) is 5.15. The normalized spacial score (nSPS) is 19.7. The van der Waals surface area contributed by atoms with Crippen LogP contribution in [0.3, 0.4) is 0 Å². The Kier molecular flexibility index (Phi) is 3.69. The van der Waals surface area contributed by atoms with Gasteiger partial charge in [-0.3, -0.25) is 9.59 Å². The molecule has 0 radical (unpaired) electrons. The summed E-state index contributed by atoms with van der Waals surface area (Å²) in [6.07, 6.45) is -4.60. The number of hydrogen-bond acceptors (Lipinski definition) is 2. The molecule has 1 aliphatic rings. The molecular formula is C13H13F3N2O2. The van der Waals surface area contributed by atoms with Crippen LogP contribution in [0.2, 0.25) is 0 Å². The minimum absolute atomic E-state index is 0.192. The van der Waals surface area contributed by atoms with Crippen molar-refractivity contribution in [1.82, 2.24) is 10.2 Å². The first-order valence-electron chi connectivity index (χ1n) is 6.07. The number of alkyl halides is 3. The molecule has 0 saturated carbocycles. The quantitative estimate of drug-likeness (QED) is 0.853. The van der Waals surface area contributed by atoms with Crippen LogP contribution in [0.4, 0.5) is 13.2 Å². The van der Waals surface area contributed by atoms with E-state index in [-0.39, 0.29) is 19.0 Å². The van der Waals surface area contributed by atoms with Gasteiger partial charge in [0.2, 0.25) is 5.91 Å². The lowest BCUT2D eigenvalue weighted by atomic mass is 10.0. The van der Waals surface area contributed by atoms with E-state index in [4.69, 9.17) is 0 Å². The Balaban J connectivity index is 2.37. The predicted octanol–water partition coefficient (Wildman–Crippen LogP) is 1.67. The molecule has 1 atom stereocenters. The Morgan fingerprint density at radius 1 is 1.35 bits per heavy atom. The highest BCUT2D eigenvalue weighted by Gasteiger charge is 2.38. The summed E-state index contributed by atoms with van der Waals surface area (Å²) in [6.45, 7) is 1.92. The fourth-order valence-corrected chi connectivity index (χ4v) is 2.13. The summed E-state index contributed by atoms with van der Waals surface area (Å²) in [4.78, 5) is 24.9. The molecule has 1 saturated heterocycles. The van der Waals surface area contributed by atoms with Crippen molar-refractivity contribution in [2.24, 2.45) is 0 Å². The van der Waals surface area contributed by atoms with Gasteiger partial charge >= 0.3 is 6.18 Å². The van der Waals surface area contributed by atoms with Gasteiger partial charge in [0.05, 0.1) is 11.1 Å². The Hall–Kier alpha value is -2.05. The Morgan fingerprint density at radius 3 is 2.65 bits per heavy atom. The van der Waals surface area contributed by atoms with E-state index >= 15 is 0 Å². The molecule has 1 heterocycles. The zero-order chi connectivity index (χ0) is 14.9. The van der Waals surface area contributed by atoms with Crippen molar-refractivity contribution in [3.05, 3.63) is 35.4 Å². The Labute approximate surface area is 113 Å². The van der Waals surface area contributed by atoms with Gasteiger partial charge in [-0.2, -0.15) is 13.2 Å². The Bertz CT molecular complexity index is 543. The van der Waals surface area contributed by atoms with Crippen LogP contribution >= 0.6 is 0 Å². The lowest BCUT2D eigenvalue weighted by molar-refractivity contribution is -0.138. The van der Waals surface area contributed by atoms with Gasteiger partial charge in [0.1, 0.15) is 6.04 Å². The molecule has 1 aliphatic heterocycles. The number of amides is 2. The second-order valence-corrected chi connectivity index (χ2v) is 4.51. The first kappa shape index (κ1) is 14.4.